The molecule has 6 heteroatoms. The molecule has 1 aromatic carbocycles. The zero-order chi connectivity index (χ0) is 16.6. The maximum absolute atomic E-state index is 12.5. The molecule has 0 aliphatic heterocycles. The van der Waals surface area contributed by atoms with Crippen LogP contribution in [-0.4, -0.2) is 26.9 Å². The van der Waals surface area contributed by atoms with E-state index in [1.807, 2.05) is 25.1 Å². The van der Waals surface area contributed by atoms with Crippen molar-refractivity contribution >= 4 is 11.0 Å². The van der Waals surface area contributed by atoms with E-state index in [-0.39, 0.29) is 5.56 Å². The van der Waals surface area contributed by atoms with Crippen molar-refractivity contribution in [3.8, 4) is 17.1 Å². The molecule has 0 saturated heterocycles. The number of benzene rings is 1. The Balaban J connectivity index is 2.25. The van der Waals surface area contributed by atoms with Crippen molar-refractivity contribution in [1.29, 1.82) is 0 Å². The first-order chi connectivity index (χ1) is 11.0. The number of aromatic amines is 1. The van der Waals surface area contributed by atoms with E-state index in [0.29, 0.717) is 16.9 Å². The van der Waals surface area contributed by atoms with Crippen LogP contribution in [0.1, 0.15) is 24.6 Å². The van der Waals surface area contributed by atoms with Gasteiger partial charge in [0, 0.05) is 12.6 Å². The molecule has 120 valence electrons. The zero-order valence-electron chi connectivity index (χ0n) is 13.8. The number of nitrogens with one attached hydrogen (secondary N) is 1. The van der Waals surface area contributed by atoms with Crippen molar-refractivity contribution in [2.75, 3.05) is 7.11 Å². The Bertz CT molecular complexity index is 924. The number of rotatable bonds is 4. The molecule has 0 bridgehead atoms. The molecule has 1 N–H and O–H groups in total. The van der Waals surface area contributed by atoms with Crippen molar-refractivity contribution in [2.45, 2.75) is 26.7 Å². The number of H-pyrrole nitrogens is 1. The Morgan fingerprint density at radius 2 is 2.09 bits per heavy atom. The molecule has 3 rings (SSSR count). The minimum absolute atomic E-state index is 0.178. The Labute approximate surface area is 134 Å². The molecule has 0 spiro atoms. The topological polar surface area (TPSA) is 72.8 Å². The highest BCUT2D eigenvalue weighted by atomic mass is 16.5. The monoisotopic (exact) mass is 312 g/mol. The van der Waals surface area contributed by atoms with Crippen molar-refractivity contribution in [3.63, 3.8) is 0 Å². The van der Waals surface area contributed by atoms with Crippen LogP contribution in [0, 0.1) is 6.92 Å². The Morgan fingerprint density at radius 3 is 2.78 bits per heavy atom. The number of fused-ring (bicyclic) bond motifs is 1. The molecule has 0 amide bonds. The molecule has 0 unspecified atom stereocenters. The average Bonchev–Trinajstić information content (AvgIpc) is 2.83. The van der Waals surface area contributed by atoms with Gasteiger partial charge in [0.15, 0.2) is 5.52 Å². The molecule has 2 heterocycles. The minimum atomic E-state index is -0.178. The fourth-order valence-electron chi connectivity index (χ4n) is 2.79. The summed E-state index contributed by atoms with van der Waals surface area (Å²) < 4.78 is 6.91. The highest BCUT2D eigenvalue weighted by Crippen LogP contribution is 2.24. The lowest BCUT2D eigenvalue weighted by atomic mass is 10.1. The lowest BCUT2D eigenvalue weighted by Crippen LogP contribution is -2.12. The van der Waals surface area contributed by atoms with Crippen LogP contribution in [0.2, 0.25) is 0 Å². The second-order valence-electron chi connectivity index (χ2n) is 5.67. The van der Waals surface area contributed by atoms with E-state index >= 15 is 0 Å². The summed E-state index contributed by atoms with van der Waals surface area (Å²) in [6, 6.07) is 5.78. The van der Waals surface area contributed by atoms with Gasteiger partial charge in [-0.2, -0.15) is 5.10 Å². The lowest BCUT2D eigenvalue weighted by molar-refractivity contribution is 0.414. The Hall–Kier alpha value is -2.63. The van der Waals surface area contributed by atoms with Gasteiger partial charge in [0.25, 0.3) is 5.56 Å². The lowest BCUT2D eigenvalue weighted by Gasteiger charge is -2.07. The first kappa shape index (κ1) is 15.3. The van der Waals surface area contributed by atoms with Crippen molar-refractivity contribution < 1.29 is 4.74 Å². The molecule has 0 radical (unpaired) electrons. The standard InChI is InChI=1S/C17H20N4O2/c1-5-6-13-14-15(21(3)20-13)17(22)19-16(18-14)11-7-10(2)8-12(9-11)23-4/h7-9H,5-6H2,1-4H3,(H,18,19,22). The highest BCUT2D eigenvalue weighted by molar-refractivity contribution is 5.79. The summed E-state index contributed by atoms with van der Waals surface area (Å²) in [4.78, 5) is 20.0. The third-order valence-corrected chi connectivity index (χ3v) is 3.81. The third-order valence-electron chi connectivity index (χ3n) is 3.81. The average molecular weight is 312 g/mol. The molecule has 6 nitrogen and oxygen atoms in total. The first-order valence-corrected chi connectivity index (χ1v) is 7.65. The third kappa shape index (κ3) is 2.72. The van der Waals surface area contributed by atoms with Gasteiger partial charge in [-0.05, 0) is 37.1 Å². The van der Waals surface area contributed by atoms with Gasteiger partial charge in [-0.25, -0.2) is 4.98 Å². The fraction of sp³-hybridized carbons (Fsp3) is 0.353. The van der Waals surface area contributed by atoms with Crippen LogP contribution in [0.3, 0.4) is 0 Å². The van der Waals surface area contributed by atoms with Crippen molar-refractivity contribution in [2.24, 2.45) is 7.05 Å². The van der Waals surface area contributed by atoms with Gasteiger partial charge in [-0.1, -0.05) is 13.3 Å². The van der Waals surface area contributed by atoms with Crippen LogP contribution in [-0.2, 0) is 13.5 Å². The summed E-state index contributed by atoms with van der Waals surface area (Å²) in [5.41, 5.74) is 3.74. The maximum atomic E-state index is 12.5. The van der Waals surface area contributed by atoms with E-state index in [1.54, 1.807) is 18.8 Å². The van der Waals surface area contributed by atoms with Gasteiger partial charge in [-0.15, -0.1) is 0 Å². The predicted molar refractivity (Wildman–Crippen MR) is 89.8 cm³/mol. The number of aromatic nitrogens is 4. The molecule has 3 aromatic rings. The first-order valence-electron chi connectivity index (χ1n) is 7.65. The fourth-order valence-corrected chi connectivity index (χ4v) is 2.79. The quantitative estimate of drug-likeness (QED) is 0.803. The van der Waals surface area contributed by atoms with Crippen molar-refractivity contribution in [3.05, 3.63) is 39.8 Å². The van der Waals surface area contributed by atoms with Crippen LogP contribution < -0.4 is 10.3 Å². The van der Waals surface area contributed by atoms with E-state index in [2.05, 4.69) is 22.0 Å². The molecular weight excluding hydrogens is 292 g/mol. The van der Waals surface area contributed by atoms with Crippen LogP contribution in [0.5, 0.6) is 5.75 Å². The molecule has 2 aromatic heterocycles. The number of methoxy groups -OCH3 is 1. The smallest absolute Gasteiger partial charge is 0.277 e. The molecule has 0 fully saturated rings. The van der Waals surface area contributed by atoms with Gasteiger partial charge in [0.1, 0.15) is 17.1 Å². The van der Waals surface area contributed by atoms with Crippen LogP contribution in [0.4, 0.5) is 0 Å². The number of aryl methyl sites for hydroxylation is 3. The Morgan fingerprint density at radius 1 is 1.30 bits per heavy atom. The van der Waals surface area contributed by atoms with E-state index in [4.69, 9.17) is 4.74 Å². The second-order valence-corrected chi connectivity index (χ2v) is 5.67. The number of hydrogen-bond acceptors (Lipinski definition) is 4. The predicted octanol–water partition coefficient (Wildman–Crippen LogP) is 2.59. The Kier molecular flexibility index (Phi) is 3.90. The van der Waals surface area contributed by atoms with Crippen LogP contribution in [0.25, 0.3) is 22.4 Å². The SMILES string of the molecule is CCCc1nn(C)c2c(=O)[nH]c(-c3cc(C)cc(OC)c3)nc12. The molecule has 0 aliphatic carbocycles. The van der Waals surface area contributed by atoms with Gasteiger partial charge < -0.3 is 9.72 Å². The van der Waals surface area contributed by atoms with Crippen LogP contribution >= 0.6 is 0 Å². The van der Waals surface area contributed by atoms with E-state index in [1.165, 1.54) is 0 Å². The van der Waals surface area contributed by atoms with Crippen LogP contribution in [0.15, 0.2) is 23.0 Å². The van der Waals surface area contributed by atoms with Gasteiger partial charge >= 0.3 is 0 Å². The molecule has 0 aliphatic rings. The highest BCUT2D eigenvalue weighted by Gasteiger charge is 2.15. The summed E-state index contributed by atoms with van der Waals surface area (Å²) in [6.07, 6.45) is 1.75. The summed E-state index contributed by atoms with van der Waals surface area (Å²) in [6.45, 7) is 4.06. The van der Waals surface area contributed by atoms with Gasteiger partial charge in [0.05, 0.1) is 12.8 Å². The molecule has 0 atom stereocenters. The summed E-state index contributed by atoms with van der Waals surface area (Å²) in [7, 11) is 3.40. The van der Waals surface area contributed by atoms with Gasteiger partial charge in [0.2, 0.25) is 0 Å². The number of ether oxygens (including phenoxy) is 1. The van der Waals surface area contributed by atoms with Crippen molar-refractivity contribution in [1.82, 2.24) is 19.7 Å². The molecule has 23 heavy (non-hydrogen) atoms. The normalized spacial score (nSPS) is 11.1. The minimum Gasteiger partial charge on any atom is -0.497 e. The summed E-state index contributed by atoms with van der Waals surface area (Å²) >= 11 is 0. The molecular formula is C17H20N4O2. The number of hydrogen-bond donors (Lipinski definition) is 1. The largest absolute Gasteiger partial charge is 0.497 e. The van der Waals surface area contributed by atoms with E-state index < -0.39 is 0 Å². The van der Waals surface area contributed by atoms with E-state index in [9.17, 15) is 4.79 Å². The second kappa shape index (κ2) is 5.87. The van der Waals surface area contributed by atoms with Gasteiger partial charge in [-0.3, -0.25) is 9.48 Å². The summed E-state index contributed by atoms with van der Waals surface area (Å²) in [5.74, 6) is 1.28. The van der Waals surface area contributed by atoms with E-state index in [0.717, 1.165) is 35.4 Å². The number of nitrogens with zero attached hydrogens (tertiary/aromatic N) is 3. The molecule has 0 saturated carbocycles. The zero-order valence-corrected chi connectivity index (χ0v) is 13.8. The summed E-state index contributed by atoms with van der Waals surface area (Å²) in [5, 5.41) is 4.44. The maximum Gasteiger partial charge on any atom is 0.277 e.